The number of carbonyl (C=O) groups excluding carboxylic acids is 1. The number of fused-ring (bicyclic) bond motifs is 1. The fourth-order valence-corrected chi connectivity index (χ4v) is 4.96. The largest absolute Gasteiger partial charge is 0.372 e. The second-order valence-electron chi connectivity index (χ2n) is 7.28. The van der Waals surface area contributed by atoms with Gasteiger partial charge in [-0.1, -0.05) is 35.9 Å². The summed E-state index contributed by atoms with van der Waals surface area (Å²) in [7, 11) is 0. The number of benzene rings is 2. The highest BCUT2D eigenvalue weighted by Crippen LogP contribution is 2.44. The second-order valence-corrected chi connectivity index (χ2v) is 8.49. The van der Waals surface area contributed by atoms with Gasteiger partial charge in [0.2, 0.25) is 0 Å². The van der Waals surface area contributed by atoms with Gasteiger partial charge in [0.15, 0.2) is 5.78 Å². The number of carbonyl (C=O) groups is 1. The number of Topliss-reactive ketones (excluding diaryl/α,β-unsaturated/α-hetero) is 1. The predicted molar refractivity (Wildman–Crippen MR) is 116 cm³/mol. The number of hydrogen-bond donors (Lipinski definition) is 2. The molecule has 0 spiro atoms. The highest BCUT2D eigenvalue weighted by atomic mass is 35.5. The lowest BCUT2D eigenvalue weighted by molar-refractivity contribution is -0.116. The molecule has 5 rings (SSSR count). The summed E-state index contributed by atoms with van der Waals surface area (Å²) < 4.78 is 0. The topological polar surface area (TPSA) is 41.1 Å². The van der Waals surface area contributed by atoms with Crippen LogP contribution >= 0.6 is 22.9 Å². The van der Waals surface area contributed by atoms with E-state index in [-0.39, 0.29) is 17.7 Å². The van der Waals surface area contributed by atoms with Gasteiger partial charge >= 0.3 is 0 Å². The molecule has 1 aromatic heterocycles. The van der Waals surface area contributed by atoms with Gasteiger partial charge in [0.1, 0.15) is 0 Å². The van der Waals surface area contributed by atoms with E-state index in [0.717, 1.165) is 40.2 Å². The summed E-state index contributed by atoms with van der Waals surface area (Å²) in [6.07, 6.45) is 1.32. The number of nitrogens with one attached hydrogen (secondary N) is 2. The zero-order chi connectivity index (χ0) is 19.1. The van der Waals surface area contributed by atoms with E-state index < -0.39 is 0 Å². The summed E-state index contributed by atoms with van der Waals surface area (Å²) in [5.74, 6) is 0.356. The Hall–Kier alpha value is -2.56. The zero-order valence-corrected chi connectivity index (χ0v) is 16.7. The Labute approximate surface area is 173 Å². The third kappa shape index (κ3) is 3.13. The number of para-hydroxylation sites is 2. The quantitative estimate of drug-likeness (QED) is 0.518. The first-order valence-corrected chi connectivity index (χ1v) is 10.7. The number of hydrogen-bond acceptors (Lipinski definition) is 4. The van der Waals surface area contributed by atoms with E-state index in [1.54, 1.807) is 11.3 Å². The van der Waals surface area contributed by atoms with Crippen LogP contribution in [0.25, 0.3) is 0 Å². The van der Waals surface area contributed by atoms with Gasteiger partial charge in [-0.25, -0.2) is 0 Å². The Morgan fingerprint density at radius 2 is 1.71 bits per heavy atom. The molecule has 2 heterocycles. The zero-order valence-electron chi connectivity index (χ0n) is 15.1. The van der Waals surface area contributed by atoms with E-state index in [1.807, 2.05) is 36.4 Å². The number of anilines is 2. The lowest BCUT2D eigenvalue weighted by atomic mass is 9.79. The maximum absolute atomic E-state index is 13.3. The second kappa shape index (κ2) is 7.12. The van der Waals surface area contributed by atoms with Crippen molar-refractivity contribution in [3.63, 3.8) is 0 Å². The van der Waals surface area contributed by atoms with E-state index in [4.69, 9.17) is 11.6 Å². The molecule has 2 unspecified atom stereocenters. The van der Waals surface area contributed by atoms with Crippen molar-refractivity contribution in [2.45, 2.75) is 24.8 Å². The van der Waals surface area contributed by atoms with Gasteiger partial charge < -0.3 is 10.6 Å². The molecule has 2 aliphatic rings. The van der Waals surface area contributed by atoms with Crippen molar-refractivity contribution in [2.24, 2.45) is 0 Å². The lowest BCUT2D eigenvalue weighted by Gasteiger charge is -2.29. The molecule has 0 radical (unpaired) electrons. The molecule has 140 valence electrons. The molecule has 0 saturated carbocycles. The molecule has 3 aromatic rings. The van der Waals surface area contributed by atoms with Crippen LogP contribution in [-0.4, -0.2) is 5.78 Å². The smallest absolute Gasteiger partial charge is 0.163 e. The highest BCUT2D eigenvalue weighted by Gasteiger charge is 2.36. The van der Waals surface area contributed by atoms with E-state index in [0.29, 0.717) is 11.4 Å². The molecular formula is C23H19ClN2OS. The Morgan fingerprint density at radius 1 is 0.929 bits per heavy atom. The first-order valence-electron chi connectivity index (χ1n) is 9.35. The summed E-state index contributed by atoms with van der Waals surface area (Å²) in [4.78, 5) is 13.3. The Balaban J connectivity index is 1.59. The third-order valence-corrected chi connectivity index (χ3v) is 6.48. The normalized spacial score (nSPS) is 21.2. The number of halogens is 1. The van der Waals surface area contributed by atoms with Crippen molar-refractivity contribution in [3.05, 3.63) is 92.8 Å². The summed E-state index contributed by atoms with van der Waals surface area (Å²) in [6, 6.07) is 18.0. The lowest BCUT2D eigenvalue weighted by Crippen LogP contribution is -2.26. The first-order chi connectivity index (χ1) is 13.7. The van der Waals surface area contributed by atoms with E-state index in [9.17, 15) is 4.79 Å². The fraction of sp³-hybridized carbons (Fsp3) is 0.174. The predicted octanol–water partition coefficient (Wildman–Crippen LogP) is 6.38. The summed E-state index contributed by atoms with van der Waals surface area (Å²) in [5, 5.41) is 12.1. The fourth-order valence-electron chi connectivity index (χ4n) is 4.15. The maximum Gasteiger partial charge on any atom is 0.163 e. The van der Waals surface area contributed by atoms with Crippen molar-refractivity contribution in [1.82, 2.24) is 0 Å². The van der Waals surface area contributed by atoms with Crippen LogP contribution in [-0.2, 0) is 4.79 Å². The third-order valence-electron chi connectivity index (χ3n) is 5.53. The maximum atomic E-state index is 13.3. The average molecular weight is 407 g/mol. The molecule has 0 bridgehead atoms. The van der Waals surface area contributed by atoms with Gasteiger partial charge in [-0.05, 0) is 64.6 Å². The highest BCUT2D eigenvalue weighted by molar-refractivity contribution is 7.08. The molecule has 5 heteroatoms. The molecule has 1 aliphatic carbocycles. The van der Waals surface area contributed by atoms with Crippen molar-refractivity contribution < 1.29 is 4.79 Å². The number of allylic oxidation sites excluding steroid dienone is 1. The summed E-state index contributed by atoms with van der Waals surface area (Å²) in [6.45, 7) is 0. The van der Waals surface area contributed by atoms with Crippen LogP contribution in [0.5, 0.6) is 0 Å². The van der Waals surface area contributed by atoms with Crippen molar-refractivity contribution in [3.8, 4) is 0 Å². The molecule has 2 N–H and O–H groups in total. The molecule has 0 amide bonds. The van der Waals surface area contributed by atoms with Crippen LogP contribution < -0.4 is 10.6 Å². The molecule has 2 atom stereocenters. The van der Waals surface area contributed by atoms with Crippen LogP contribution in [0.15, 0.2) is 76.6 Å². The van der Waals surface area contributed by atoms with E-state index in [2.05, 4.69) is 39.6 Å². The van der Waals surface area contributed by atoms with Crippen LogP contribution in [0.2, 0.25) is 5.02 Å². The van der Waals surface area contributed by atoms with Crippen molar-refractivity contribution in [1.29, 1.82) is 0 Å². The minimum Gasteiger partial charge on any atom is -0.372 e. The SMILES string of the molecule is O=C1CC(c2ccc(Cl)cc2)CC2=C1C(c1ccsc1)Nc1ccccc1N2. The van der Waals surface area contributed by atoms with E-state index >= 15 is 0 Å². The molecule has 3 nitrogen and oxygen atoms in total. The van der Waals surface area contributed by atoms with Crippen LogP contribution in [0.1, 0.15) is 35.9 Å². The number of thiophene rings is 1. The van der Waals surface area contributed by atoms with Gasteiger partial charge in [-0.2, -0.15) is 11.3 Å². The van der Waals surface area contributed by atoms with Crippen LogP contribution in [0.4, 0.5) is 11.4 Å². The molecule has 0 fully saturated rings. The molecule has 2 aromatic carbocycles. The number of rotatable bonds is 2. The van der Waals surface area contributed by atoms with Crippen LogP contribution in [0, 0.1) is 0 Å². The van der Waals surface area contributed by atoms with Gasteiger partial charge in [-0.3, -0.25) is 4.79 Å². The standard InChI is InChI=1S/C23H19ClN2OS/c24-17-7-5-14(6-8-17)16-11-20-22(21(27)12-16)23(15-9-10-28-13-15)26-19-4-2-1-3-18(19)25-20/h1-10,13,16,23,25-26H,11-12H2. The summed E-state index contributed by atoms with van der Waals surface area (Å²) >= 11 is 7.70. The van der Waals surface area contributed by atoms with Crippen molar-refractivity contribution >= 4 is 40.1 Å². The summed E-state index contributed by atoms with van der Waals surface area (Å²) in [5.41, 5.74) is 6.20. The van der Waals surface area contributed by atoms with Crippen LogP contribution in [0.3, 0.4) is 0 Å². The molecule has 1 aliphatic heterocycles. The van der Waals surface area contributed by atoms with Gasteiger partial charge in [0, 0.05) is 22.7 Å². The van der Waals surface area contributed by atoms with Gasteiger partial charge in [0.25, 0.3) is 0 Å². The minimum absolute atomic E-state index is 0.129. The monoisotopic (exact) mass is 406 g/mol. The van der Waals surface area contributed by atoms with Gasteiger partial charge in [0.05, 0.1) is 17.4 Å². The minimum atomic E-state index is -0.129. The molecule has 28 heavy (non-hydrogen) atoms. The van der Waals surface area contributed by atoms with Gasteiger partial charge in [-0.15, -0.1) is 0 Å². The Bertz CT molecular complexity index is 1060. The molecular weight excluding hydrogens is 388 g/mol. The Kier molecular flexibility index (Phi) is 4.46. The Morgan fingerprint density at radius 3 is 2.46 bits per heavy atom. The van der Waals surface area contributed by atoms with E-state index in [1.165, 1.54) is 0 Å². The first kappa shape index (κ1) is 17.5. The van der Waals surface area contributed by atoms with Crippen molar-refractivity contribution in [2.75, 3.05) is 10.6 Å². The average Bonchev–Trinajstić information content (AvgIpc) is 3.17. The molecule has 0 saturated heterocycles. The number of ketones is 1.